The van der Waals surface area contributed by atoms with Gasteiger partial charge in [0.25, 0.3) is 5.91 Å². The predicted octanol–water partition coefficient (Wildman–Crippen LogP) is 0.929. The van der Waals surface area contributed by atoms with Crippen molar-refractivity contribution in [2.75, 3.05) is 7.11 Å². The quantitative estimate of drug-likeness (QED) is 0.470. The molecule has 0 unspecified atom stereocenters. The summed E-state index contributed by atoms with van der Waals surface area (Å²) in [5.74, 6) is -3.46. The molecule has 0 heterocycles. The number of carbonyl (C=O) groups is 3. The molecule has 0 bridgehead atoms. The van der Waals surface area contributed by atoms with E-state index in [1.165, 1.54) is 7.11 Å². The van der Waals surface area contributed by atoms with Gasteiger partial charge in [0.05, 0.1) is 20.1 Å². The fraction of sp³-hybridized carbons (Fsp3) is 0.308. The Morgan fingerprint density at radius 3 is 2.42 bits per heavy atom. The summed E-state index contributed by atoms with van der Waals surface area (Å²) in [7, 11) is 1.29. The number of hydrogen-bond acceptors (Lipinski definition) is 4. The van der Waals surface area contributed by atoms with Crippen LogP contribution in [0.2, 0.25) is 0 Å². The molecule has 0 spiro atoms. The number of rotatable bonds is 6. The summed E-state index contributed by atoms with van der Waals surface area (Å²) in [6, 6.07) is 7.40. The summed E-state index contributed by atoms with van der Waals surface area (Å²) >= 11 is 0. The van der Waals surface area contributed by atoms with E-state index in [9.17, 15) is 14.4 Å². The zero-order chi connectivity index (χ0) is 14.4. The fourth-order valence-electron chi connectivity index (χ4n) is 1.50. The third kappa shape index (κ3) is 4.18. The number of hydrogen-bond donors (Lipinski definition) is 1. The maximum atomic E-state index is 11.7. The van der Waals surface area contributed by atoms with Crippen molar-refractivity contribution >= 4 is 17.7 Å². The average molecular weight is 265 g/mol. The highest BCUT2D eigenvalue weighted by Crippen LogP contribution is 2.11. The van der Waals surface area contributed by atoms with Gasteiger partial charge in [-0.2, -0.15) is 0 Å². The lowest BCUT2D eigenvalue weighted by molar-refractivity contribution is -0.180. The Kier molecular flexibility index (Phi) is 5.20. The lowest BCUT2D eigenvalue weighted by Crippen LogP contribution is -2.32. The minimum Gasteiger partial charge on any atom is -0.475 e. The van der Waals surface area contributed by atoms with Crippen LogP contribution >= 0.6 is 0 Å². The lowest BCUT2D eigenvalue weighted by Gasteiger charge is -2.20. The van der Waals surface area contributed by atoms with Gasteiger partial charge >= 0.3 is 5.97 Å². The van der Waals surface area contributed by atoms with Gasteiger partial charge in [0, 0.05) is 0 Å². The van der Waals surface area contributed by atoms with E-state index in [1.54, 1.807) is 0 Å². The van der Waals surface area contributed by atoms with Crippen molar-refractivity contribution < 1.29 is 24.3 Å². The van der Waals surface area contributed by atoms with Crippen LogP contribution in [0.25, 0.3) is 0 Å². The molecule has 6 nitrogen and oxygen atoms in total. The van der Waals surface area contributed by atoms with Crippen LogP contribution in [0.1, 0.15) is 17.5 Å². The van der Waals surface area contributed by atoms with Gasteiger partial charge < -0.3 is 5.11 Å². The van der Waals surface area contributed by atoms with E-state index in [1.807, 2.05) is 31.2 Å². The van der Waals surface area contributed by atoms with E-state index in [0.717, 1.165) is 16.2 Å². The second kappa shape index (κ2) is 6.65. The van der Waals surface area contributed by atoms with Gasteiger partial charge in [0.2, 0.25) is 5.78 Å². The third-order valence-corrected chi connectivity index (χ3v) is 2.62. The van der Waals surface area contributed by atoms with Crippen molar-refractivity contribution in [2.45, 2.75) is 19.9 Å². The Morgan fingerprint density at radius 1 is 1.26 bits per heavy atom. The largest absolute Gasteiger partial charge is 0.475 e. The van der Waals surface area contributed by atoms with E-state index in [-0.39, 0.29) is 6.54 Å². The van der Waals surface area contributed by atoms with Crippen LogP contribution in [-0.2, 0) is 25.8 Å². The number of nitrogens with zero attached hydrogens (tertiary/aromatic N) is 1. The molecule has 1 aromatic rings. The monoisotopic (exact) mass is 265 g/mol. The van der Waals surface area contributed by atoms with Crippen LogP contribution in [-0.4, -0.2) is 34.9 Å². The highest BCUT2D eigenvalue weighted by Gasteiger charge is 2.22. The zero-order valence-electron chi connectivity index (χ0n) is 10.8. The number of amides is 1. The van der Waals surface area contributed by atoms with Crippen molar-refractivity contribution in [2.24, 2.45) is 0 Å². The molecule has 0 aliphatic heterocycles. The van der Waals surface area contributed by atoms with Crippen LogP contribution in [0.3, 0.4) is 0 Å². The number of carboxylic acids is 1. The third-order valence-electron chi connectivity index (χ3n) is 2.62. The summed E-state index contributed by atoms with van der Waals surface area (Å²) in [6.45, 7) is 2.05. The Labute approximate surface area is 110 Å². The van der Waals surface area contributed by atoms with Crippen LogP contribution in [0.15, 0.2) is 24.3 Å². The molecule has 19 heavy (non-hydrogen) atoms. The Balaban J connectivity index is 2.73. The molecule has 102 valence electrons. The summed E-state index contributed by atoms with van der Waals surface area (Å²) in [6.07, 6.45) is -0.713. The molecular weight excluding hydrogens is 250 g/mol. The maximum Gasteiger partial charge on any atom is 0.372 e. The summed E-state index contributed by atoms with van der Waals surface area (Å²) < 4.78 is 0. The van der Waals surface area contributed by atoms with Gasteiger partial charge in [-0.1, -0.05) is 24.3 Å². The molecule has 0 saturated heterocycles. The molecule has 0 atom stereocenters. The molecule has 0 aromatic heterocycles. The van der Waals surface area contributed by atoms with E-state index < -0.39 is 24.1 Å². The molecule has 0 radical (unpaired) electrons. The number of carboxylic acid groups (broad SMARTS) is 1. The Bertz CT molecular complexity index is 498. The topological polar surface area (TPSA) is 83.9 Å². The lowest BCUT2D eigenvalue weighted by atomic mass is 10.1. The van der Waals surface area contributed by atoms with Gasteiger partial charge in [-0.05, 0) is 18.1 Å². The molecule has 6 heteroatoms. The second-order valence-corrected chi connectivity index (χ2v) is 3.94. The zero-order valence-corrected chi connectivity index (χ0v) is 10.8. The maximum absolute atomic E-state index is 11.7. The molecule has 1 N–H and O–H groups in total. The smallest absolute Gasteiger partial charge is 0.372 e. The van der Waals surface area contributed by atoms with Gasteiger partial charge in [-0.3, -0.25) is 14.4 Å². The molecule has 1 rings (SSSR count). The first-order chi connectivity index (χ1) is 8.95. The number of carbonyl (C=O) groups excluding carboxylic acids is 2. The molecule has 0 saturated carbocycles. The standard InChI is InChI=1S/C13H15NO5/c1-9-5-3-4-6-10(9)8-14(19-2)12(16)7-11(15)13(17)18/h3-6H,7-8H2,1-2H3,(H,17,18). The number of aryl methyl sites for hydroxylation is 1. The van der Waals surface area contributed by atoms with Crippen LogP contribution in [0.4, 0.5) is 0 Å². The first kappa shape index (κ1) is 14.8. The Morgan fingerprint density at radius 2 is 1.89 bits per heavy atom. The van der Waals surface area contributed by atoms with Crippen LogP contribution in [0, 0.1) is 6.92 Å². The van der Waals surface area contributed by atoms with Gasteiger partial charge in [-0.25, -0.2) is 9.86 Å². The summed E-state index contributed by atoms with van der Waals surface area (Å²) in [4.78, 5) is 38.0. The van der Waals surface area contributed by atoms with Crippen molar-refractivity contribution in [3.05, 3.63) is 35.4 Å². The number of hydroxylamine groups is 2. The molecule has 1 aromatic carbocycles. The fourth-order valence-corrected chi connectivity index (χ4v) is 1.50. The SMILES string of the molecule is CON(Cc1ccccc1C)C(=O)CC(=O)C(=O)O. The van der Waals surface area contributed by atoms with Gasteiger partial charge in [0.15, 0.2) is 0 Å². The van der Waals surface area contributed by atoms with Crippen LogP contribution < -0.4 is 0 Å². The number of Topliss-reactive ketones (excluding diaryl/α,β-unsaturated/α-hetero) is 1. The minimum atomic E-state index is -1.62. The summed E-state index contributed by atoms with van der Waals surface area (Å²) in [5.41, 5.74) is 1.84. The van der Waals surface area contributed by atoms with Gasteiger partial charge in [-0.15, -0.1) is 0 Å². The van der Waals surface area contributed by atoms with E-state index in [4.69, 9.17) is 9.94 Å². The number of aliphatic carboxylic acids is 1. The van der Waals surface area contributed by atoms with Crippen molar-refractivity contribution in [3.63, 3.8) is 0 Å². The molecule has 0 aliphatic carbocycles. The number of benzene rings is 1. The first-order valence-corrected chi connectivity index (χ1v) is 5.60. The van der Waals surface area contributed by atoms with Crippen molar-refractivity contribution in [3.8, 4) is 0 Å². The highest BCUT2D eigenvalue weighted by atomic mass is 16.7. The van der Waals surface area contributed by atoms with Crippen molar-refractivity contribution in [1.29, 1.82) is 0 Å². The van der Waals surface area contributed by atoms with Gasteiger partial charge in [0.1, 0.15) is 0 Å². The number of ketones is 1. The van der Waals surface area contributed by atoms with E-state index >= 15 is 0 Å². The molecule has 1 amide bonds. The van der Waals surface area contributed by atoms with Crippen molar-refractivity contribution in [1.82, 2.24) is 5.06 Å². The summed E-state index contributed by atoms with van der Waals surface area (Å²) in [5, 5.41) is 9.43. The van der Waals surface area contributed by atoms with E-state index in [0.29, 0.717) is 0 Å². The molecule has 0 fully saturated rings. The Hall–Kier alpha value is -2.21. The van der Waals surface area contributed by atoms with Crippen LogP contribution in [0.5, 0.6) is 0 Å². The highest BCUT2D eigenvalue weighted by molar-refractivity contribution is 6.36. The minimum absolute atomic E-state index is 0.162. The normalized spacial score (nSPS) is 10.0. The molecular formula is C13H15NO5. The second-order valence-electron chi connectivity index (χ2n) is 3.94. The predicted molar refractivity (Wildman–Crippen MR) is 66.0 cm³/mol. The average Bonchev–Trinajstić information content (AvgIpc) is 2.37. The molecule has 0 aliphatic rings. The first-order valence-electron chi connectivity index (χ1n) is 5.60. The van der Waals surface area contributed by atoms with E-state index in [2.05, 4.69) is 0 Å².